The molecule has 0 unspecified atom stereocenters. The Morgan fingerprint density at radius 2 is 1.82 bits per heavy atom. The molecule has 0 spiro atoms. The maximum absolute atomic E-state index is 12.7. The van der Waals surface area contributed by atoms with E-state index >= 15 is 0 Å². The predicted octanol–water partition coefficient (Wildman–Crippen LogP) is 4.49. The number of amides is 1. The summed E-state index contributed by atoms with van der Waals surface area (Å²) in [6.45, 7) is 2.84. The summed E-state index contributed by atoms with van der Waals surface area (Å²) < 4.78 is 12.6. The first-order chi connectivity index (χ1) is 13.6. The Morgan fingerprint density at radius 3 is 2.50 bits per heavy atom. The van der Waals surface area contributed by atoms with Crippen molar-refractivity contribution in [3.05, 3.63) is 70.9 Å². The summed E-state index contributed by atoms with van der Waals surface area (Å²) in [4.78, 5) is 12.7. The summed E-state index contributed by atoms with van der Waals surface area (Å²) in [5.74, 6) is 0.584. The minimum atomic E-state index is -0.140. The van der Waals surface area contributed by atoms with Gasteiger partial charge in [0.2, 0.25) is 0 Å². The van der Waals surface area contributed by atoms with Crippen LogP contribution in [-0.2, 0) is 4.74 Å². The van der Waals surface area contributed by atoms with E-state index in [1.54, 1.807) is 14.2 Å². The van der Waals surface area contributed by atoms with Gasteiger partial charge in [-0.25, -0.2) is 0 Å². The zero-order valence-corrected chi connectivity index (χ0v) is 16.9. The first-order valence-electron chi connectivity index (χ1n) is 8.95. The number of ether oxygens (including phenoxy) is 2. The molecule has 6 heteroatoms. The van der Waals surface area contributed by atoms with E-state index in [-0.39, 0.29) is 5.91 Å². The van der Waals surface area contributed by atoms with Crippen LogP contribution in [0.4, 0.5) is 0 Å². The van der Waals surface area contributed by atoms with Crippen LogP contribution < -0.4 is 10.1 Å². The molecule has 1 aromatic heterocycles. The Kier molecular flexibility index (Phi) is 6.39. The van der Waals surface area contributed by atoms with Gasteiger partial charge in [0, 0.05) is 24.4 Å². The number of nitrogens with zero attached hydrogens (tertiary/aromatic N) is 1. The smallest absolute Gasteiger partial charge is 0.253 e. The van der Waals surface area contributed by atoms with E-state index in [0.717, 1.165) is 28.4 Å². The highest BCUT2D eigenvalue weighted by molar-refractivity contribution is 6.30. The van der Waals surface area contributed by atoms with Crippen molar-refractivity contribution < 1.29 is 14.3 Å². The molecule has 0 saturated heterocycles. The molecule has 1 amide bonds. The van der Waals surface area contributed by atoms with Crippen molar-refractivity contribution in [1.82, 2.24) is 9.88 Å². The maximum atomic E-state index is 12.7. The van der Waals surface area contributed by atoms with Crippen LogP contribution in [0.1, 0.15) is 16.1 Å². The molecule has 0 radical (unpaired) electrons. The molecular weight excluding hydrogens is 376 g/mol. The summed E-state index contributed by atoms with van der Waals surface area (Å²) in [5, 5.41) is 3.55. The second kappa shape index (κ2) is 8.95. The SMILES string of the molecule is COCCNC(=O)c1cc(-c2ccc(Cl)cc2)n(-c2ccccc2OC)c1C. The molecule has 0 saturated carbocycles. The van der Waals surface area contributed by atoms with E-state index < -0.39 is 0 Å². The zero-order valence-electron chi connectivity index (χ0n) is 16.2. The lowest BCUT2D eigenvalue weighted by atomic mass is 10.1. The zero-order chi connectivity index (χ0) is 20.1. The Bertz CT molecular complexity index is 964. The summed E-state index contributed by atoms with van der Waals surface area (Å²) in [6.07, 6.45) is 0. The number of methoxy groups -OCH3 is 2. The predicted molar refractivity (Wildman–Crippen MR) is 112 cm³/mol. The highest BCUT2D eigenvalue weighted by atomic mass is 35.5. The third-order valence-corrected chi connectivity index (χ3v) is 4.80. The molecule has 1 heterocycles. The number of halogens is 1. The summed E-state index contributed by atoms with van der Waals surface area (Å²) in [6, 6.07) is 17.2. The molecule has 0 aliphatic carbocycles. The third kappa shape index (κ3) is 4.06. The fourth-order valence-corrected chi connectivity index (χ4v) is 3.28. The normalized spacial score (nSPS) is 10.7. The van der Waals surface area contributed by atoms with E-state index in [4.69, 9.17) is 21.1 Å². The van der Waals surface area contributed by atoms with E-state index in [0.29, 0.717) is 23.7 Å². The lowest BCUT2D eigenvalue weighted by Crippen LogP contribution is -2.27. The van der Waals surface area contributed by atoms with Gasteiger partial charge in [0.15, 0.2) is 0 Å². The topological polar surface area (TPSA) is 52.5 Å². The molecule has 28 heavy (non-hydrogen) atoms. The van der Waals surface area contributed by atoms with Gasteiger partial charge < -0.3 is 19.4 Å². The van der Waals surface area contributed by atoms with Crippen molar-refractivity contribution in [2.45, 2.75) is 6.92 Å². The number of hydrogen-bond acceptors (Lipinski definition) is 3. The number of benzene rings is 2. The Balaban J connectivity index is 2.15. The molecule has 5 nitrogen and oxygen atoms in total. The van der Waals surface area contributed by atoms with Crippen LogP contribution in [-0.4, -0.2) is 37.8 Å². The molecule has 0 atom stereocenters. The van der Waals surface area contributed by atoms with Crippen molar-refractivity contribution in [3.63, 3.8) is 0 Å². The highest BCUT2D eigenvalue weighted by Gasteiger charge is 2.21. The highest BCUT2D eigenvalue weighted by Crippen LogP contribution is 2.34. The van der Waals surface area contributed by atoms with Gasteiger partial charge >= 0.3 is 0 Å². The first kappa shape index (κ1) is 20.0. The van der Waals surface area contributed by atoms with Crippen LogP contribution in [0.15, 0.2) is 54.6 Å². The van der Waals surface area contributed by atoms with Crippen molar-refractivity contribution in [3.8, 4) is 22.7 Å². The molecule has 0 fully saturated rings. The summed E-state index contributed by atoms with van der Waals surface area (Å²) >= 11 is 6.06. The van der Waals surface area contributed by atoms with Gasteiger partial charge in [-0.3, -0.25) is 4.79 Å². The standard InChI is InChI=1S/C22H23ClN2O3/c1-15-18(22(26)24-12-13-27-2)14-20(16-8-10-17(23)11-9-16)25(15)19-6-4-5-7-21(19)28-3/h4-11,14H,12-13H2,1-3H3,(H,24,26). The van der Waals surface area contributed by atoms with Crippen LogP contribution in [0.2, 0.25) is 5.02 Å². The number of rotatable bonds is 7. The van der Waals surface area contributed by atoms with Crippen LogP contribution in [0, 0.1) is 6.92 Å². The molecule has 146 valence electrons. The van der Waals surface area contributed by atoms with E-state index in [1.807, 2.05) is 66.1 Å². The van der Waals surface area contributed by atoms with Gasteiger partial charge in [0.1, 0.15) is 5.75 Å². The largest absolute Gasteiger partial charge is 0.495 e. The van der Waals surface area contributed by atoms with Crippen LogP contribution >= 0.6 is 11.6 Å². The van der Waals surface area contributed by atoms with Crippen LogP contribution in [0.3, 0.4) is 0 Å². The lowest BCUT2D eigenvalue weighted by molar-refractivity contribution is 0.0936. The molecule has 2 aromatic carbocycles. The van der Waals surface area contributed by atoms with E-state index in [2.05, 4.69) is 5.32 Å². The maximum Gasteiger partial charge on any atom is 0.253 e. The molecule has 0 aliphatic rings. The summed E-state index contributed by atoms with van der Waals surface area (Å²) in [7, 11) is 3.24. The number of hydrogen-bond donors (Lipinski definition) is 1. The van der Waals surface area contributed by atoms with Gasteiger partial charge in [-0.05, 0) is 42.8 Å². The van der Waals surface area contributed by atoms with Crippen LogP contribution in [0.5, 0.6) is 5.75 Å². The molecular formula is C22H23ClN2O3. The Hall–Kier alpha value is -2.76. The first-order valence-corrected chi connectivity index (χ1v) is 9.33. The number of aromatic nitrogens is 1. The van der Waals surface area contributed by atoms with Crippen molar-refractivity contribution in [1.29, 1.82) is 0 Å². The third-order valence-electron chi connectivity index (χ3n) is 4.55. The van der Waals surface area contributed by atoms with Crippen LogP contribution in [0.25, 0.3) is 16.9 Å². The number of carbonyl (C=O) groups is 1. The molecule has 3 aromatic rings. The summed E-state index contributed by atoms with van der Waals surface area (Å²) in [5.41, 5.74) is 4.13. The molecule has 1 N–H and O–H groups in total. The number of nitrogens with one attached hydrogen (secondary N) is 1. The molecule has 0 aliphatic heterocycles. The minimum absolute atomic E-state index is 0.140. The fraction of sp³-hybridized carbons (Fsp3) is 0.227. The Morgan fingerprint density at radius 1 is 1.11 bits per heavy atom. The average molecular weight is 399 g/mol. The quantitative estimate of drug-likeness (QED) is 0.596. The van der Waals surface area contributed by atoms with Crippen molar-refractivity contribution >= 4 is 17.5 Å². The molecule has 0 bridgehead atoms. The fourth-order valence-electron chi connectivity index (χ4n) is 3.16. The van der Waals surface area contributed by atoms with E-state index in [9.17, 15) is 4.79 Å². The van der Waals surface area contributed by atoms with Gasteiger partial charge in [0.05, 0.1) is 30.7 Å². The van der Waals surface area contributed by atoms with Crippen molar-refractivity contribution in [2.75, 3.05) is 27.4 Å². The number of carbonyl (C=O) groups excluding carboxylic acids is 1. The average Bonchev–Trinajstić information content (AvgIpc) is 3.05. The second-order valence-electron chi connectivity index (χ2n) is 6.29. The number of para-hydroxylation sites is 2. The minimum Gasteiger partial charge on any atom is -0.495 e. The van der Waals surface area contributed by atoms with E-state index in [1.165, 1.54) is 0 Å². The Labute approximate surface area is 169 Å². The lowest BCUT2D eigenvalue weighted by Gasteiger charge is -2.15. The van der Waals surface area contributed by atoms with Gasteiger partial charge in [-0.1, -0.05) is 35.9 Å². The second-order valence-corrected chi connectivity index (χ2v) is 6.73. The monoisotopic (exact) mass is 398 g/mol. The van der Waals surface area contributed by atoms with Crippen molar-refractivity contribution in [2.24, 2.45) is 0 Å². The molecule has 3 rings (SSSR count). The van der Waals surface area contributed by atoms with Gasteiger partial charge in [-0.15, -0.1) is 0 Å². The van der Waals surface area contributed by atoms with Gasteiger partial charge in [0.25, 0.3) is 5.91 Å². The van der Waals surface area contributed by atoms with Gasteiger partial charge in [-0.2, -0.15) is 0 Å².